The number of phenols is 1. The molecule has 0 spiro atoms. The molecule has 4 N–H and O–H groups in total. The van der Waals surface area contributed by atoms with Gasteiger partial charge in [-0.05, 0) is 35.7 Å². The number of hydroxylamine groups is 1. The number of fused-ring (bicyclic) bond motifs is 1. The summed E-state index contributed by atoms with van der Waals surface area (Å²) in [5.41, 5.74) is 2.16. The zero-order valence-corrected chi connectivity index (χ0v) is 18.1. The summed E-state index contributed by atoms with van der Waals surface area (Å²) in [7, 11) is 0. The van der Waals surface area contributed by atoms with E-state index in [2.05, 4.69) is 5.32 Å². The molecule has 0 aromatic heterocycles. The number of nitriles is 1. The Morgan fingerprint density at radius 3 is 2.36 bits per heavy atom. The van der Waals surface area contributed by atoms with Gasteiger partial charge in [-0.25, -0.2) is 10.3 Å². The third kappa shape index (κ3) is 5.47. The number of phenolic OH excluding ortho intramolecular Hbond substituents is 1. The van der Waals surface area contributed by atoms with Gasteiger partial charge in [-0.15, -0.1) is 0 Å². The van der Waals surface area contributed by atoms with Crippen LogP contribution in [0.1, 0.15) is 31.1 Å². The minimum absolute atomic E-state index is 0.0862. The summed E-state index contributed by atoms with van der Waals surface area (Å²) in [4.78, 5) is 24.4. The van der Waals surface area contributed by atoms with E-state index in [9.17, 15) is 14.7 Å². The Morgan fingerprint density at radius 1 is 1.06 bits per heavy atom. The highest BCUT2D eigenvalue weighted by Gasteiger charge is 2.34. The maximum atomic E-state index is 12.8. The van der Waals surface area contributed by atoms with E-state index >= 15 is 0 Å². The highest BCUT2D eigenvalue weighted by Crippen LogP contribution is 2.42. The molecule has 0 saturated heterocycles. The fourth-order valence-electron chi connectivity index (χ4n) is 3.45. The minimum atomic E-state index is -0.895. The van der Waals surface area contributed by atoms with Crippen LogP contribution in [0.25, 0.3) is 10.8 Å². The van der Waals surface area contributed by atoms with Crippen LogP contribution in [-0.2, 0) is 9.53 Å². The summed E-state index contributed by atoms with van der Waals surface area (Å²) in [6.45, 7) is 3.55. The van der Waals surface area contributed by atoms with Crippen LogP contribution in [-0.4, -0.2) is 22.3 Å². The lowest BCUT2D eigenvalue weighted by atomic mass is 9.80. The van der Waals surface area contributed by atoms with Crippen molar-refractivity contribution in [1.82, 2.24) is 5.48 Å². The van der Waals surface area contributed by atoms with Crippen molar-refractivity contribution in [1.29, 1.82) is 5.26 Å². The van der Waals surface area contributed by atoms with Gasteiger partial charge in [0.25, 0.3) is 5.91 Å². The number of hydrogen-bond acceptors (Lipinski definition) is 6. The third-order valence-electron chi connectivity index (χ3n) is 5.15. The number of carbonyl (C=O) groups excluding carboxylic acids is 2. The number of nitrogens with one attached hydrogen (secondary N) is 2. The van der Waals surface area contributed by atoms with Gasteiger partial charge in [-0.3, -0.25) is 15.3 Å². The number of amides is 2. The van der Waals surface area contributed by atoms with Gasteiger partial charge in [0.15, 0.2) is 0 Å². The molecule has 3 aromatic carbocycles. The molecule has 0 saturated carbocycles. The normalized spacial score (nSPS) is 12.2. The lowest BCUT2D eigenvalue weighted by Gasteiger charge is -2.32. The number of ether oxygens (including phenoxy) is 1. The Hall–Kier alpha value is -4.35. The maximum absolute atomic E-state index is 12.8. The van der Waals surface area contributed by atoms with E-state index in [1.165, 1.54) is 17.6 Å². The average molecular weight is 445 g/mol. The molecule has 1 atom stereocenters. The van der Waals surface area contributed by atoms with E-state index in [0.29, 0.717) is 27.6 Å². The molecule has 3 aromatic rings. The fraction of sp³-hybridized carbons (Fsp3) is 0.160. The smallest absolute Gasteiger partial charge is 0.412 e. The van der Waals surface area contributed by atoms with Crippen molar-refractivity contribution in [2.45, 2.75) is 20.0 Å². The summed E-state index contributed by atoms with van der Waals surface area (Å²) in [6.07, 6.45) is 1.07. The first-order chi connectivity index (χ1) is 15.7. The number of benzene rings is 3. The van der Waals surface area contributed by atoms with Crippen LogP contribution in [0, 0.1) is 16.7 Å². The summed E-state index contributed by atoms with van der Waals surface area (Å²) >= 11 is 0. The first kappa shape index (κ1) is 23.3. The topological polar surface area (TPSA) is 132 Å². The van der Waals surface area contributed by atoms with E-state index in [1.54, 1.807) is 68.4 Å². The van der Waals surface area contributed by atoms with Crippen molar-refractivity contribution in [2.75, 3.05) is 5.32 Å². The molecule has 8 heteroatoms. The Morgan fingerprint density at radius 2 is 1.73 bits per heavy atom. The molecule has 0 unspecified atom stereocenters. The monoisotopic (exact) mass is 445 g/mol. The molecule has 0 radical (unpaired) electrons. The van der Waals surface area contributed by atoms with Crippen LogP contribution < -0.4 is 10.8 Å². The zero-order chi connectivity index (χ0) is 24.0. The number of rotatable bonds is 6. The van der Waals surface area contributed by atoms with Gasteiger partial charge in [0.1, 0.15) is 11.9 Å². The van der Waals surface area contributed by atoms with Crippen molar-refractivity contribution in [3.8, 4) is 11.8 Å². The van der Waals surface area contributed by atoms with Crippen molar-refractivity contribution in [2.24, 2.45) is 5.41 Å². The second-order valence-corrected chi connectivity index (χ2v) is 7.95. The molecule has 0 aliphatic heterocycles. The van der Waals surface area contributed by atoms with Gasteiger partial charge in [0, 0.05) is 28.1 Å². The second-order valence-electron chi connectivity index (χ2n) is 7.95. The van der Waals surface area contributed by atoms with E-state index < -0.39 is 23.5 Å². The highest BCUT2D eigenvalue weighted by molar-refractivity contribution is 5.92. The minimum Gasteiger partial charge on any atom is -0.507 e. The number of hydrogen-bond donors (Lipinski definition) is 4. The van der Waals surface area contributed by atoms with Gasteiger partial charge in [-0.1, -0.05) is 50.3 Å². The van der Waals surface area contributed by atoms with E-state index in [1.807, 2.05) is 6.07 Å². The van der Waals surface area contributed by atoms with Crippen molar-refractivity contribution >= 4 is 28.5 Å². The van der Waals surface area contributed by atoms with Gasteiger partial charge in [0.05, 0.1) is 11.6 Å². The van der Waals surface area contributed by atoms with Crippen molar-refractivity contribution < 1.29 is 24.6 Å². The number of anilines is 1. The summed E-state index contributed by atoms with van der Waals surface area (Å²) in [5.74, 6) is -0.637. The molecular weight excluding hydrogens is 422 g/mol. The molecular formula is C25H23N3O5. The Kier molecular flexibility index (Phi) is 6.96. The van der Waals surface area contributed by atoms with Crippen LogP contribution in [0.3, 0.4) is 0 Å². The highest BCUT2D eigenvalue weighted by atomic mass is 16.6. The van der Waals surface area contributed by atoms with E-state index in [0.717, 1.165) is 6.08 Å². The molecule has 8 nitrogen and oxygen atoms in total. The molecule has 0 aliphatic carbocycles. The van der Waals surface area contributed by atoms with Crippen LogP contribution in [0.2, 0.25) is 0 Å². The molecule has 33 heavy (non-hydrogen) atoms. The predicted octanol–water partition coefficient (Wildman–Crippen LogP) is 4.79. The second kappa shape index (κ2) is 9.85. The average Bonchev–Trinajstić information content (AvgIpc) is 2.82. The quantitative estimate of drug-likeness (QED) is 0.245. The Labute approximate surface area is 190 Å². The SMILES string of the molecule is CC(C)(/C=C/C(=O)NO)[C@@H](OC(=O)Nc1ccc(C#N)cc1)c1ccc(O)c2ccccc12. The Bertz CT molecular complexity index is 1240. The molecule has 0 heterocycles. The van der Waals surface area contributed by atoms with Gasteiger partial charge < -0.3 is 9.84 Å². The van der Waals surface area contributed by atoms with Crippen molar-refractivity contribution in [3.05, 3.63) is 83.9 Å². The first-order valence-corrected chi connectivity index (χ1v) is 10.1. The predicted molar refractivity (Wildman–Crippen MR) is 122 cm³/mol. The summed E-state index contributed by atoms with van der Waals surface area (Å²) < 4.78 is 5.83. The summed E-state index contributed by atoms with van der Waals surface area (Å²) in [5, 5.41) is 31.9. The summed E-state index contributed by atoms with van der Waals surface area (Å²) in [6, 6.07) is 18.7. The van der Waals surface area contributed by atoms with Crippen molar-refractivity contribution in [3.63, 3.8) is 0 Å². The van der Waals surface area contributed by atoms with Crippen LogP contribution in [0.4, 0.5) is 10.5 Å². The molecule has 0 bridgehead atoms. The lowest BCUT2D eigenvalue weighted by molar-refractivity contribution is -0.124. The molecule has 2 amide bonds. The van der Waals surface area contributed by atoms with Gasteiger partial charge >= 0.3 is 6.09 Å². The fourth-order valence-corrected chi connectivity index (χ4v) is 3.45. The lowest BCUT2D eigenvalue weighted by Crippen LogP contribution is -2.28. The van der Waals surface area contributed by atoms with Crippen LogP contribution in [0.15, 0.2) is 72.8 Å². The van der Waals surface area contributed by atoms with Crippen LogP contribution >= 0.6 is 0 Å². The van der Waals surface area contributed by atoms with Gasteiger partial charge in [0.2, 0.25) is 0 Å². The standard InChI is InChI=1S/C25H23N3O5/c1-25(2,14-13-22(30)28-32)23(20-11-12-21(29)19-6-4-3-5-18(19)20)33-24(31)27-17-9-7-16(15-26)8-10-17/h3-14,23,29,32H,1-2H3,(H,27,31)(H,28,30)/b14-13+/t23-/m0/s1. The largest absolute Gasteiger partial charge is 0.507 e. The number of carbonyl (C=O) groups is 2. The third-order valence-corrected chi connectivity index (χ3v) is 5.15. The molecule has 3 rings (SSSR count). The first-order valence-electron chi connectivity index (χ1n) is 10.1. The molecule has 168 valence electrons. The van der Waals surface area contributed by atoms with E-state index in [4.69, 9.17) is 15.2 Å². The van der Waals surface area contributed by atoms with E-state index in [-0.39, 0.29) is 5.75 Å². The maximum Gasteiger partial charge on any atom is 0.412 e. The number of aromatic hydroxyl groups is 1. The Balaban J connectivity index is 2.00. The van der Waals surface area contributed by atoms with Crippen LogP contribution in [0.5, 0.6) is 5.75 Å². The molecule has 0 aliphatic rings. The zero-order valence-electron chi connectivity index (χ0n) is 18.1. The molecule has 0 fully saturated rings. The number of nitrogens with zero attached hydrogens (tertiary/aromatic N) is 1. The van der Waals surface area contributed by atoms with Gasteiger partial charge in [-0.2, -0.15) is 5.26 Å².